The van der Waals surface area contributed by atoms with Crippen LogP contribution in [0.3, 0.4) is 0 Å². The highest BCUT2D eigenvalue weighted by atomic mass is 32.1. The van der Waals surface area contributed by atoms with Gasteiger partial charge in [0, 0.05) is 24.0 Å². The molecule has 1 aliphatic rings. The van der Waals surface area contributed by atoms with E-state index in [0.29, 0.717) is 13.1 Å². The SMILES string of the molecule is Cc1occc1CNC(=O)N(C)Cc1nc2c(s1)CCCC2. The zero-order valence-electron chi connectivity index (χ0n) is 13.0. The van der Waals surface area contributed by atoms with Crippen molar-refractivity contribution in [3.05, 3.63) is 39.2 Å². The number of aromatic nitrogens is 1. The molecule has 2 heterocycles. The molecule has 22 heavy (non-hydrogen) atoms. The number of nitrogens with zero attached hydrogens (tertiary/aromatic N) is 2. The number of carbonyl (C=O) groups excluding carboxylic acids is 1. The number of thiazole rings is 1. The van der Waals surface area contributed by atoms with E-state index in [1.165, 1.54) is 23.4 Å². The smallest absolute Gasteiger partial charge is 0.317 e. The Balaban J connectivity index is 1.54. The first-order valence-corrected chi connectivity index (χ1v) is 8.44. The van der Waals surface area contributed by atoms with E-state index in [1.807, 2.05) is 13.0 Å². The van der Waals surface area contributed by atoms with E-state index in [0.717, 1.165) is 29.2 Å². The summed E-state index contributed by atoms with van der Waals surface area (Å²) in [5.41, 5.74) is 2.25. The molecule has 0 fully saturated rings. The molecule has 1 aliphatic carbocycles. The van der Waals surface area contributed by atoms with Gasteiger partial charge in [0.05, 0.1) is 18.5 Å². The van der Waals surface area contributed by atoms with Crippen LogP contribution in [0.25, 0.3) is 0 Å². The topological polar surface area (TPSA) is 58.4 Å². The van der Waals surface area contributed by atoms with Gasteiger partial charge < -0.3 is 14.6 Å². The second-order valence-corrected chi connectivity index (χ2v) is 6.87. The van der Waals surface area contributed by atoms with E-state index in [-0.39, 0.29) is 6.03 Å². The van der Waals surface area contributed by atoms with Gasteiger partial charge in [-0.05, 0) is 38.7 Å². The van der Waals surface area contributed by atoms with Crippen LogP contribution in [0.2, 0.25) is 0 Å². The average molecular weight is 319 g/mol. The molecule has 0 spiro atoms. The van der Waals surface area contributed by atoms with Gasteiger partial charge in [-0.1, -0.05) is 0 Å². The summed E-state index contributed by atoms with van der Waals surface area (Å²) in [5.74, 6) is 0.843. The molecule has 0 bridgehead atoms. The van der Waals surface area contributed by atoms with Crippen molar-refractivity contribution < 1.29 is 9.21 Å². The molecule has 2 aromatic heterocycles. The van der Waals surface area contributed by atoms with E-state index in [9.17, 15) is 4.79 Å². The zero-order chi connectivity index (χ0) is 15.5. The number of aryl methyl sites for hydroxylation is 3. The van der Waals surface area contributed by atoms with Gasteiger partial charge in [-0.2, -0.15) is 0 Å². The van der Waals surface area contributed by atoms with Crippen LogP contribution in [0.1, 0.15) is 39.7 Å². The van der Waals surface area contributed by atoms with Gasteiger partial charge in [-0.25, -0.2) is 9.78 Å². The van der Waals surface area contributed by atoms with Crippen molar-refractivity contribution in [2.24, 2.45) is 0 Å². The number of furan rings is 1. The number of nitrogens with one attached hydrogen (secondary N) is 1. The summed E-state index contributed by atoms with van der Waals surface area (Å²) in [6.45, 7) is 2.94. The minimum Gasteiger partial charge on any atom is -0.469 e. The van der Waals surface area contributed by atoms with Crippen molar-refractivity contribution in [2.45, 2.75) is 45.7 Å². The summed E-state index contributed by atoms with van der Waals surface area (Å²) in [6.07, 6.45) is 6.36. The quantitative estimate of drug-likeness (QED) is 0.941. The Hall–Kier alpha value is -1.82. The molecule has 0 atom stereocenters. The fraction of sp³-hybridized carbons (Fsp3) is 0.500. The van der Waals surface area contributed by atoms with Crippen LogP contribution in [-0.4, -0.2) is 23.0 Å². The first kappa shape index (κ1) is 15.1. The number of hydrogen-bond donors (Lipinski definition) is 1. The monoisotopic (exact) mass is 319 g/mol. The van der Waals surface area contributed by atoms with Crippen LogP contribution in [-0.2, 0) is 25.9 Å². The Morgan fingerprint density at radius 3 is 3.00 bits per heavy atom. The molecular formula is C16H21N3O2S. The fourth-order valence-corrected chi connectivity index (χ4v) is 3.86. The van der Waals surface area contributed by atoms with E-state index < -0.39 is 0 Å². The Bertz CT molecular complexity index is 639. The third kappa shape index (κ3) is 3.32. The maximum Gasteiger partial charge on any atom is 0.317 e. The molecule has 0 radical (unpaired) electrons. The Morgan fingerprint density at radius 2 is 2.27 bits per heavy atom. The van der Waals surface area contributed by atoms with E-state index >= 15 is 0 Å². The van der Waals surface area contributed by atoms with Crippen LogP contribution < -0.4 is 5.32 Å². The predicted octanol–water partition coefficient (Wildman–Crippen LogP) is 3.26. The maximum absolute atomic E-state index is 12.2. The zero-order valence-corrected chi connectivity index (χ0v) is 13.8. The third-order valence-corrected chi connectivity index (χ3v) is 5.15. The highest BCUT2D eigenvalue weighted by Crippen LogP contribution is 2.27. The maximum atomic E-state index is 12.2. The molecule has 1 N–H and O–H groups in total. The lowest BCUT2D eigenvalue weighted by atomic mass is 10.0. The van der Waals surface area contributed by atoms with Gasteiger partial charge in [0.2, 0.25) is 0 Å². The standard InChI is InChI=1S/C16H21N3O2S/c1-11-12(7-8-21-11)9-17-16(20)19(2)10-15-18-13-5-3-4-6-14(13)22-15/h7-8H,3-6,9-10H2,1-2H3,(H,17,20). The molecule has 3 rings (SSSR count). The molecule has 6 heteroatoms. The molecule has 2 aromatic rings. The lowest BCUT2D eigenvalue weighted by molar-refractivity contribution is 0.206. The second kappa shape index (κ2) is 6.52. The number of amides is 2. The molecule has 118 valence electrons. The summed E-state index contributed by atoms with van der Waals surface area (Å²) >= 11 is 1.75. The van der Waals surface area contributed by atoms with Crippen LogP contribution in [0, 0.1) is 6.92 Å². The van der Waals surface area contributed by atoms with Crippen LogP contribution >= 0.6 is 11.3 Å². The highest BCUT2D eigenvalue weighted by molar-refractivity contribution is 7.11. The molecule has 0 saturated carbocycles. The van der Waals surface area contributed by atoms with Gasteiger partial charge in [0.1, 0.15) is 10.8 Å². The lowest BCUT2D eigenvalue weighted by Crippen LogP contribution is -2.36. The molecule has 0 saturated heterocycles. The molecular weight excluding hydrogens is 298 g/mol. The largest absolute Gasteiger partial charge is 0.469 e. The number of hydrogen-bond acceptors (Lipinski definition) is 4. The molecule has 0 aliphatic heterocycles. The number of fused-ring (bicyclic) bond motifs is 1. The predicted molar refractivity (Wildman–Crippen MR) is 85.9 cm³/mol. The van der Waals surface area contributed by atoms with Crippen molar-refractivity contribution >= 4 is 17.4 Å². The minimum absolute atomic E-state index is 0.0891. The van der Waals surface area contributed by atoms with Crippen LogP contribution in [0.4, 0.5) is 4.79 Å². The van der Waals surface area contributed by atoms with Crippen molar-refractivity contribution in [1.29, 1.82) is 0 Å². The van der Waals surface area contributed by atoms with Crippen LogP contribution in [0.5, 0.6) is 0 Å². The van der Waals surface area contributed by atoms with E-state index in [4.69, 9.17) is 4.42 Å². The summed E-state index contributed by atoms with van der Waals surface area (Å²) in [6, 6.07) is 1.79. The van der Waals surface area contributed by atoms with Gasteiger partial charge in [0.25, 0.3) is 0 Å². The van der Waals surface area contributed by atoms with Crippen molar-refractivity contribution in [3.63, 3.8) is 0 Å². The summed E-state index contributed by atoms with van der Waals surface area (Å²) in [7, 11) is 1.80. The van der Waals surface area contributed by atoms with Gasteiger partial charge in [-0.15, -0.1) is 11.3 Å². The Kier molecular flexibility index (Phi) is 4.47. The number of carbonyl (C=O) groups is 1. The lowest BCUT2D eigenvalue weighted by Gasteiger charge is -2.16. The van der Waals surface area contributed by atoms with E-state index in [1.54, 1.807) is 29.5 Å². The molecule has 0 unspecified atom stereocenters. The minimum atomic E-state index is -0.0891. The van der Waals surface area contributed by atoms with Crippen molar-refractivity contribution in [3.8, 4) is 0 Å². The van der Waals surface area contributed by atoms with Crippen LogP contribution in [0.15, 0.2) is 16.7 Å². The summed E-state index contributed by atoms with van der Waals surface area (Å²) < 4.78 is 5.23. The van der Waals surface area contributed by atoms with Crippen molar-refractivity contribution in [1.82, 2.24) is 15.2 Å². The first-order chi connectivity index (χ1) is 10.6. The Morgan fingerprint density at radius 1 is 1.45 bits per heavy atom. The summed E-state index contributed by atoms with van der Waals surface area (Å²) in [4.78, 5) is 19.9. The van der Waals surface area contributed by atoms with E-state index in [2.05, 4.69) is 10.3 Å². The third-order valence-electron chi connectivity index (χ3n) is 4.01. The number of rotatable bonds is 4. The van der Waals surface area contributed by atoms with Gasteiger partial charge in [0.15, 0.2) is 0 Å². The Labute approximate surface area is 134 Å². The van der Waals surface area contributed by atoms with Crippen molar-refractivity contribution in [2.75, 3.05) is 7.05 Å². The average Bonchev–Trinajstić information content (AvgIpc) is 3.10. The first-order valence-electron chi connectivity index (χ1n) is 7.63. The van der Waals surface area contributed by atoms with Gasteiger partial charge in [-0.3, -0.25) is 0 Å². The number of urea groups is 1. The fourth-order valence-electron chi connectivity index (χ4n) is 2.65. The van der Waals surface area contributed by atoms with Gasteiger partial charge >= 0.3 is 6.03 Å². The molecule has 5 nitrogen and oxygen atoms in total. The highest BCUT2D eigenvalue weighted by Gasteiger charge is 2.17. The molecule has 2 amide bonds. The second-order valence-electron chi connectivity index (χ2n) is 5.70. The normalized spacial score (nSPS) is 13.7. The molecule has 0 aromatic carbocycles. The summed E-state index contributed by atoms with van der Waals surface area (Å²) in [5, 5.41) is 3.94.